The number of unbranched alkanes of at least 4 members (excludes halogenated alkanes) is 1. The second kappa shape index (κ2) is 10.8. The van der Waals surface area contributed by atoms with E-state index in [-0.39, 0.29) is 11.9 Å². The molecule has 1 aromatic carbocycles. The van der Waals surface area contributed by atoms with Gasteiger partial charge in [0.2, 0.25) is 11.9 Å². The predicted molar refractivity (Wildman–Crippen MR) is 120 cm³/mol. The van der Waals surface area contributed by atoms with Crippen LogP contribution in [0.15, 0.2) is 61.3 Å². The molecule has 0 aliphatic carbocycles. The zero-order chi connectivity index (χ0) is 21.3. The van der Waals surface area contributed by atoms with Crippen LogP contribution < -0.4 is 5.32 Å². The van der Waals surface area contributed by atoms with Crippen molar-refractivity contribution in [2.75, 3.05) is 19.6 Å². The Kier molecular flexibility index (Phi) is 7.39. The highest BCUT2D eigenvalue weighted by Gasteiger charge is 2.30. The van der Waals surface area contributed by atoms with E-state index in [2.05, 4.69) is 44.5 Å². The van der Waals surface area contributed by atoms with Gasteiger partial charge in [-0.2, -0.15) is 0 Å². The second-order valence-electron chi connectivity index (χ2n) is 7.98. The number of nitrogens with one attached hydrogen (secondary N) is 1. The molecule has 1 unspecified atom stereocenters. The van der Waals surface area contributed by atoms with Crippen LogP contribution >= 0.6 is 0 Å². The lowest BCUT2D eigenvalue weighted by atomic mass is 10.0. The number of benzene rings is 1. The van der Waals surface area contributed by atoms with Gasteiger partial charge in [0.15, 0.2) is 0 Å². The molecule has 1 amide bonds. The third kappa shape index (κ3) is 5.76. The highest BCUT2D eigenvalue weighted by molar-refractivity contribution is 5.82. The monoisotopic (exact) mass is 418 g/mol. The summed E-state index contributed by atoms with van der Waals surface area (Å²) >= 11 is 0. The molecular weight excluding hydrogens is 388 g/mol. The molecule has 1 atom stereocenters. The van der Waals surface area contributed by atoms with Crippen LogP contribution in [0.3, 0.4) is 0 Å². The van der Waals surface area contributed by atoms with Crippen molar-refractivity contribution in [3.8, 4) is 5.95 Å². The molecular formula is C24H30N6O. The Bertz CT molecular complexity index is 938. The maximum absolute atomic E-state index is 13.2. The van der Waals surface area contributed by atoms with Crippen LogP contribution in [0.1, 0.15) is 49.4 Å². The van der Waals surface area contributed by atoms with Crippen molar-refractivity contribution in [1.82, 2.24) is 29.7 Å². The maximum Gasteiger partial charge on any atom is 0.243 e. The fraction of sp³-hybridized carbons (Fsp3) is 0.417. The van der Waals surface area contributed by atoms with Gasteiger partial charge in [0, 0.05) is 25.1 Å². The van der Waals surface area contributed by atoms with E-state index < -0.39 is 0 Å². The lowest BCUT2D eigenvalue weighted by Gasteiger charge is -2.33. The number of aryl methyl sites for hydroxylation is 1. The molecule has 0 saturated carbocycles. The summed E-state index contributed by atoms with van der Waals surface area (Å²) in [7, 11) is 0. The van der Waals surface area contributed by atoms with Gasteiger partial charge >= 0.3 is 0 Å². The molecule has 3 aromatic rings. The van der Waals surface area contributed by atoms with Gasteiger partial charge in [0.25, 0.3) is 0 Å². The van der Waals surface area contributed by atoms with Crippen molar-refractivity contribution in [1.29, 1.82) is 0 Å². The van der Waals surface area contributed by atoms with Crippen molar-refractivity contribution >= 4 is 5.91 Å². The van der Waals surface area contributed by atoms with E-state index in [1.165, 1.54) is 12.0 Å². The van der Waals surface area contributed by atoms with Crippen LogP contribution in [0.2, 0.25) is 0 Å². The Morgan fingerprint density at radius 3 is 2.65 bits per heavy atom. The van der Waals surface area contributed by atoms with E-state index in [1.54, 1.807) is 23.3 Å². The minimum absolute atomic E-state index is 0.0249. The van der Waals surface area contributed by atoms with Crippen molar-refractivity contribution in [3.63, 3.8) is 0 Å². The molecule has 0 spiro atoms. The second-order valence-corrected chi connectivity index (χ2v) is 7.98. The van der Waals surface area contributed by atoms with Gasteiger partial charge in [-0.3, -0.25) is 14.3 Å². The number of carbonyl (C=O) groups excluding carboxylic acids is 1. The number of likely N-dealkylation sites (tertiary alicyclic amines) is 1. The van der Waals surface area contributed by atoms with Gasteiger partial charge in [-0.05, 0) is 56.8 Å². The Labute approximate surface area is 183 Å². The summed E-state index contributed by atoms with van der Waals surface area (Å²) in [6.45, 7) is 2.50. The maximum atomic E-state index is 13.2. The molecule has 1 fully saturated rings. The Balaban J connectivity index is 1.40. The highest BCUT2D eigenvalue weighted by Crippen LogP contribution is 2.24. The average Bonchev–Trinajstić information content (AvgIpc) is 3.36. The van der Waals surface area contributed by atoms with Crippen LogP contribution in [0, 0.1) is 0 Å². The van der Waals surface area contributed by atoms with E-state index in [9.17, 15) is 4.79 Å². The number of rotatable bonds is 9. The van der Waals surface area contributed by atoms with Gasteiger partial charge in [-0.15, -0.1) is 0 Å². The van der Waals surface area contributed by atoms with Gasteiger partial charge in [0.05, 0.1) is 5.69 Å². The molecule has 162 valence electrons. The van der Waals surface area contributed by atoms with Gasteiger partial charge in [0.1, 0.15) is 12.4 Å². The number of piperidine rings is 1. The van der Waals surface area contributed by atoms with Crippen molar-refractivity contribution in [2.24, 2.45) is 0 Å². The summed E-state index contributed by atoms with van der Waals surface area (Å²) in [5, 5.41) is 3.16. The topological polar surface area (TPSA) is 75.9 Å². The van der Waals surface area contributed by atoms with Gasteiger partial charge in [-0.25, -0.2) is 15.0 Å². The number of aromatic nitrogens is 4. The third-order valence-corrected chi connectivity index (χ3v) is 5.72. The van der Waals surface area contributed by atoms with Crippen molar-refractivity contribution < 1.29 is 4.79 Å². The minimum Gasteiger partial charge on any atom is -0.354 e. The molecule has 2 aromatic heterocycles. The summed E-state index contributed by atoms with van der Waals surface area (Å²) in [5.41, 5.74) is 2.08. The smallest absolute Gasteiger partial charge is 0.243 e. The average molecular weight is 419 g/mol. The molecule has 0 radical (unpaired) electrons. The molecule has 0 bridgehead atoms. The molecule has 1 N–H and O–H groups in total. The first-order valence-corrected chi connectivity index (χ1v) is 11.2. The van der Waals surface area contributed by atoms with Crippen LogP contribution in [-0.4, -0.2) is 50.0 Å². The first-order chi connectivity index (χ1) is 15.3. The molecule has 1 aliphatic heterocycles. The van der Waals surface area contributed by atoms with E-state index in [1.807, 2.05) is 18.3 Å². The lowest BCUT2D eigenvalue weighted by Crippen LogP contribution is -2.43. The third-order valence-electron chi connectivity index (χ3n) is 5.72. The largest absolute Gasteiger partial charge is 0.354 e. The van der Waals surface area contributed by atoms with E-state index in [0.717, 1.165) is 50.9 Å². The van der Waals surface area contributed by atoms with E-state index >= 15 is 0 Å². The predicted octanol–water partition coefficient (Wildman–Crippen LogP) is 3.33. The molecule has 4 rings (SSSR count). The number of hydrogen-bond acceptors (Lipinski definition) is 5. The molecule has 7 heteroatoms. The molecule has 1 saturated heterocycles. The zero-order valence-electron chi connectivity index (χ0n) is 17.9. The van der Waals surface area contributed by atoms with Crippen molar-refractivity contribution in [3.05, 3.63) is 72.6 Å². The summed E-state index contributed by atoms with van der Waals surface area (Å²) in [6.07, 6.45) is 13.4. The minimum atomic E-state index is -0.389. The SMILES string of the molecule is O=C(NCCCCc1ccccc1)C(c1ccnc(-n2ccnc2)n1)N1CCCCC1. The summed E-state index contributed by atoms with van der Waals surface area (Å²) in [6, 6.07) is 11.9. The lowest BCUT2D eigenvalue weighted by molar-refractivity contribution is -0.127. The van der Waals surface area contributed by atoms with Crippen LogP contribution in [0.5, 0.6) is 0 Å². The highest BCUT2D eigenvalue weighted by atomic mass is 16.2. The fourth-order valence-corrected chi connectivity index (χ4v) is 4.09. The Morgan fingerprint density at radius 2 is 1.87 bits per heavy atom. The number of imidazole rings is 1. The quantitative estimate of drug-likeness (QED) is 0.540. The molecule has 3 heterocycles. The van der Waals surface area contributed by atoms with Gasteiger partial charge in [-0.1, -0.05) is 36.8 Å². The van der Waals surface area contributed by atoms with Crippen molar-refractivity contribution in [2.45, 2.75) is 44.6 Å². The molecule has 7 nitrogen and oxygen atoms in total. The molecule has 1 aliphatic rings. The Morgan fingerprint density at radius 1 is 1.03 bits per heavy atom. The summed E-state index contributed by atoms with van der Waals surface area (Å²) < 4.78 is 1.76. The van der Waals surface area contributed by atoms with E-state index in [0.29, 0.717) is 12.5 Å². The van der Waals surface area contributed by atoms with Gasteiger partial charge < -0.3 is 5.32 Å². The number of carbonyl (C=O) groups is 1. The van der Waals surface area contributed by atoms with E-state index in [4.69, 9.17) is 4.98 Å². The normalized spacial score (nSPS) is 15.5. The summed E-state index contributed by atoms with van der Waals surface area (Å²) in [5.74, 6) is 0.560. The summed E-state index contributed by atoms with van der Waals surface area (Å²) in [4.78, 5) is 28.6. The standard InChI is InChI=1S/C24H30N6O/c31-23(26-13-6-5-11-20-9-3-1-4-10-20)22(29-16-7-2-8-17-29)21-12-14-27-24(28-21)30-18-15-25-19-30/h1,3-4,9-10,12,14-15,18-19,22H,2,5-8,11,13,16-17H2,(H,26,31). The van der Waals surface area contributed by atoms with Crippen LogP contribution in [0.25, 0.3) is 5.95 Å². The van der Waals surface area contributed by atoms with Crippen LogP contribution in [0.4, 0.5) is 0 Å². The number of nitrogens with zero attached hydrogens (tertiary/aromatic N) is 5. The fourth-order valence-electron chi connectivity index (χ4n) is 4.09. The van der Waals surface area contributed by atoms with Crippen LogP contribution in [-0.2, 0) is 11.2 Å². The molecule has 31 heavy (non-hydrogen) atoms. The zero-order valence-corrected chi connectivity index (χ0v) is 17.9. The number of hydrogen-bond donors (Lipinski definition) is 1. The first kappa shape index (κ1) is 21.2. The first-order valence-electron chi connectivity index (χ1n) is 11.2. The Hall–Kier alpha value is -3.06. The number of amides is 1.